The molecule has 3 amide bonds. The molecular weight excluding hydrogens is 258 g/mol. The van der Waals surface area contributed by atoms with Crippen molar-refractivity contribution < 1.29 is 14.3 Å². The van der Waals surface area contributed by atoms with Gasteiger partial charge in [-0.1, -0.05) is 30.3 Å². The predicted molar refractivity (Wildman–Crippen MR) is 77.0 cm³/mol. The quantitative estimate of drug-likeness (QED) is 0.692. The first-order valence-electron chi connectivity index (χ1n) is 6.39. The van der Waals surface area contributed by atoms with Gasteiger partial charge in [0.25, 0.3) is 0 Å². The molecule has 0 saturated heterocycles. The summed E-state index contributed by atoms with van der Waals surface area (Å²) in [7, 11) is 0. The van der Waals surface area contributed by atoms with Gasteiger partial charge in [0.2, 0.25) is 0 Å². The first-order valence-corrected chi connectivity index (χ1v) is 6.39. The molecular formula is C14H19N3O3. The van der Waals surface area contributed by atoms with Gasteiger partial charge in [0, 0.05) is 19.3 Å². The van der Waals surface area contributed by atoms with Crippen LogP contribution in [0.15, 0.2) is 36.5 Å². The van der Waals surface area contributed by atoms with Gasteiger partial charge in [0.05, 0.1) is 6.61 Å². The van der Waals surface area contributed by atoms with Crippen LogP contribution in [0.3, 0.4) is 0 Å². The average molecular weight is 277 g/mol. The molecule has 0 spiro atoms. The summed E-state index contributed by atoms with van der Waals surface area (Å²) >= 11 is 0. The minimum absolute atomic E-state index is 0.314. The number of carbonyl (C=O) groups is 2. The fraction of sp³-hybridized carbons (Fsp3) is 0.286. The Labute approximate surface area is 118 Å². The van der Waals surface area contributed by atoms with Crippen molar-refractivity contribution in [3.05, 3.63) is 42.1 Å². The van der Waals surface area contributed by atoms with E-state index in [-0.39, 0.29) is 6.03 Å². The summed E-state index contributed by atoms with van der Waals surface area (Å²) in [5.41, 5.74) is 0.997. The van der Waals surface area contributed by atoms with Gasteiger partial charge in [0.1, 0.15) is 0 Å². The second-order valence-electron chi connectivity index (χ2n) is 3.79. The number of carbonyl (C=O) groups excluding carboxylic acids is 2. The van der Waals surface area contributed by atoms with Crippen molar-refractivity contribution in [1.29, 1.82) is 0 Å². The molecule has 0 bridgehead atoms. The van der Waals surface area contributed by atoms with Gasteiger partial charge in [-0.25, -0.2) is 9.59 Å². The third kappa shape index (κ3) is 7.05. The smallest absolute Gasteiger partial charge is 0.407 e. The summed E-state index contributed by atoms with van der Waals surface area (Å²) in [5, 5.41) is 7.66. The van der Waals surface area contributed by atoms with Crippen LogP contribution in [0.25, 0.3) is 6.08 Å². The molecule has 0 saturated carbocycles. The number of nitrogens with one attached hydrogen (secondary N) is 3. The normalized spacial score (nSPS) is 10.1. The number of hydrogen-bond acceptors (Lipinski definition) is 3. The Morgan fingerprint density at radius 2 is 1.85 bits per heavy atom. The maximum Gasteiger partial charge on any atom is 0.407 e. The molecule has 0 fully saturated rings. The topological polar surface area (TPSA) is 79.5 Å². The molecule has 1 rings (SSSR count). The van der Waals surface area contributed by atoms with E-state index in [1.807, 2.05) is 30.3 Å². The molecule has 0 heterocycles. The lowest BCUT2D eigenvalue weighted by Crippen LogP contribution is -2.38. The van der Waals surface area contributed by atoms with Crippen LogP contribution in [0.2, 0.25) is 0 Å². The molecule has 6 nitrogen and oxygen atoms in total. The first kappa shape index (κ1) is 15.6. The summed E-state index contributed by atoms with van der Waals surface area (Å²) in [5.74, 6) is 0. The van der Waals surface area contributed by atoms with Crippen LogP contribution in [-0.4, -0.2) is 31.8 Å². The summed E-state index contributed by atoms with van der Waals surface area (Å²) in [6.07, 6.45) is 2.86. The van der Waals surface area contributed by atoms with Crippen LogP contribution in [0.1, 0.15) is 12.5 Å². The van der Waals surface area contributed by atoms with E-state index in [1.165, 1.54) is 0 Å². The standard InChI is InChI=1S/C14H19N3O3/c1-2-20-14(19)17-11-10-16-13(18)15-9-8-12-6-4-3-5-7-12/h3-9H,2,10-11H2,1H3,(H,17,19)(H2,15,16,18)/b9-8+. The highest BCUT2D eigenvalue weighted by atomic mass is 16.5. The molecule has 20 heavy (non-hydrogen) atoms. The van der Waals surface area contributed by atoms with Gasteiger partial charge in [-0.05, 0) is 18.6 Å². The van der Waals surface area contributed by atoms with Crippen molar-refractivity contribution in [3.63, 3.8) is 0 Å². The Morgan fingerprint density at radius 1 is 1.15 bits per heavy atom. The zero-order chi connectivity index (χ0) is 14.6. The van der Waals surface area contributed by atoms with Crippen molar-refractivity contribution in [2.45, 2.75) is 6.92 Å². The molecule has 3 N–H and O–H groups in total. The number of rotatable bonds is 6. The number of benzene rings is 1. The molecule has 108 valence electrons. The summed E-state index contributed by atoms with van der Waals surface area (Å²) in [6.45, 7) is 2.69. The highest BCUT2D eigenvalue weighted by Gasteiger charge is 1.99. The lowest BCUT2D eigenvalue weighted by Gasteiger charge is -2.06. The summed E-state index contributed by atoms with van der Waals surface area (Å²) in [6, 6.07) is 9.29. The van der Waals surface area contributed by atoms with Crippen molar-refractivity contribution in [3.8, 4) is 0 Å². The molecule has 0 aliphatic rings. The third-order valence-electron chi connectivity index (χ3n) is 2.25. The predicted octanol–water partition coefficient (Wildman–Crippen LogP) is 1.70. The summed E-state index contributed by atoms with van der Waals surface area (Å²) < 4.78 is 4.67. The fourth-order valence-corrected chi connectivity index (χ4v) is 1.35. The monoisotopic (exact) mass is 277 g/mol. The second-order valence-corrected chi connectivity index (χ2v) is 3.79. The number of alkyl carbamates (subject to hydrolysis) is 1. The van der Waals surface area contributed by atoms with Crippen LogP contribution in [0.4, 0.5) is 9.59 Å². The second kappa shape index (κ2) is 9.43. The number of hydrogen-bond donors (Lipinski definition) is 3. The summed E-state index contributed by atoms with van der Waals surface area (Å²) in [4.78, 5) is 22.3. The Morgan fingerprint density at radius 3 is 2.55 bits per heavy atom. The van der Waals surface area contributed by atoms with Crippen LogP contribution in [0, 0.1) is 0 Å². The lowest BCUT2D eigenvalue weighted by atomic mass is 10.2. The molecule has 0 atom stereocenters. The molecule has 0 aromatic heterocycles. The van der Waals surface area contributed by atoms with Gasteiger partial charge in [-0.15, -0.1) is 0 Å². The van der Waals surface area contributed by atoms with Crippen molar-refractivity contribution in [2.24, 2.45) is 0 Å². The van der Waals surface area contributed by atoms with E-state index < -0.39 is 6.09 Å². The van der Waals surface area contributed by atoms with Gasteiger partial charge in [-0.2, -0.15) is 0 Å². The zero-order valence-electron chi connectivity index (χ0n) is 11.4. The molecule has 0 aliphatic carbocycles. The van der Waals surface area contributed by atoms with E-state index in [9.17, 15) is 9.59 Å². The Balaban J connectivity index is 2.12. The maximum absolute atomic E-state index is 11.4. The van der Waals surface area contributed by atoms with Crippen LogP contribution < -0.4 is 16.0 Å². The highest BCUT2D eigenvalue weighted by molar-refractivity contribution is 5.76. The number of ether oxygens (including phenoxy) is 1. The van der Waals surface area contributed by atoms with Crippen molar-refractivity contribution >= 4 is 18.2 Å². The van der Waals surface area contributed by atoms with E-state index in [2.05, 4.69) is 20.7 Å². The average Bonchev–Trinajstić information content (AvgIpc) is 2.45. The minimum atomic E-state index is -0.487. The first-order chi connectivity index (χ1) is 9.72. The van der Waals surface area contributed by atoms with Gasteiger partial charge in [0.15, 0.2) is 0 Å². The lowest BCUT2D eigenvalue weighted by molar-refractivity contribution is 0.152. The highest BCUT2D eigenvalue weighted by Crippen LogP contribution is 1.99. The molecule has 0 aliphatic heterocycles. The van der Waals surface area contributed by atoms with Crippen LogP contribution in [-0.2, 0) is 4.74 Å². The molecule has 6 heteroatoms. The Kier molecular flexibility index (Phi) is 7.34. The number of amides is 3. The SMILES string of the molecule is CCOC(=O)NCCNC(=O)N/C=C/c1ccccc1. The Hall–Kier alpha value is -2.50. The third-order valence-corrected chi connectivity index (χ3v) is 2.25. The van der Waals surface area contributed by atoms with E-state index in [4.69, 9.17) is 0 Å². The largest absolute Gasteiger partial charge is 0.450 e. The fourth-order valence-electron chi connectivity index (χ4n) is 1.35. The molecule has 1 aromatic carbocycles. The zero-order valence-corrected chi connectivity index (χ0v) is 11.4. The van der Waals surface area contributed by atoms with E-state index >= 15 is 0 Å². The van der Waals surface area contributed by atoms with Gasteiger partial charge in [-0.3, -0.25) is 0 Å². The minimum Gasteiger partial charge on any atom is -0.450 e. The van der Waals surface area contributed by atoms with Crippen LogP contribution in [0.5, 0.6) is 0 Å². The van der Waals surface area contributed by atoms with E-state index in [0.29, 0.717) is 19.7 Å². The maximum atomic E-state index is 11.4. The van der Waals surface area contributed by atoms with E-state index in [0.717, 1.165) is 5.56 Å². The Bertz CT molecular complexity index is 446. The van der Waals surface area contributed by atoms with E-state index in [1.54, 1.807) is 19.2 Å². The molecule has 0 radical (unpaired) electrons. The van der Waals surface area contributed by atoms with Gasteiger partial charge < -0.3 is 20.7 Å². The number of urea groups is 1. The van der Waals surface area contributed by atoms with Crippen molar-refractivity contribution in [1.82, 2.24) is 16.0 Å². The molecule has 0 unspecified atom stereocenters. The van der Waals surface area contributed by atoms with Gasteiger partial charge >= 0.3 is 12.1 Å². The van der Waals surface area contributed by atoms with Crippen molar-refractivity contribution in [2.75, 3.05) is 19.7 Å². The molecule has 1 aromatic rings. The van der Waals surface area contributed by atoms with Crippen LogP contribution >= 0.6 is 0 Å².